The maximum Gasteiger partial charge on any atom is 0.272 e. The summed E-state index contributed by atoms with van der Waals surface area (Å²) in [6.45, 7) is 8.20. The maximum absolute atomic E-state index is 13.0. The van der Waals surface area contributed by atoms with Crippen LogP contribution >= 0.6 is 0 Å². The van der Waals surface area contributed by atoms with E-state index in [4.69, 9.17) is 0 Å². The number of rotatable bonds is 3. The van der Waals surface area contributed by atoms with Crippen LogP contribution in [-0.4, -0.2) is 38.9 Å². The average Bonchev–Trinajstić information content (AvgIpc) is 2.84. The van der Waals surface area contributed by atoms with E-state index in [1.165, 1.54) is 0 Å². The molecule has 3 rings (SSSR count). The summed E-state index contributed by atoms with van der Waals surface area (Å²) in [6, 6.07) is 0.0672. The Morgan fingerprint density at radius 1 is 1.20 bits per heavy atom. The van der Waals surface area contributed by atoms with Gasteiger partial charge in [-0.1, -0.05) is 6.92 Å². The molecule has 0 bridgehead atoms. The number of fused-ring (bicyclic) bond motifs is 1. The van der Waals surface area contributed by atoms with Crippen LogP contribution in [-0.2, 0) is 17.9 Å². The molecule has 0 radical (unpaired) electrons. The Morgan fingerprint density at radius 3 is 2.60 bits per heavy atom. The zero-order valence-electron chi connectivity index (χ0n) is 15.6. The molecule has 25 heavy (non-hydrogen) atoms. The minimum absolute atomic E-state index is 0.0672. The van der Waals surface area contributed by atoms with Crippen molar-refractivity contribution in [2.45, 2.75) is 72.0 Å². The van der Waals surface area contributed by atoms with Crippen LogP contribution in [0.3, 0.4) is 0 Å². The molecule has 1 aliphatic carbocycles. The van der Waals surface area contributed by atoms with Crippen molar-refractivity contribution < 1.29 is 9.59 Å². The lowest BCUT2D eigenvalue weighted by Gasteiger charge is -2.30. The van der Waals surface area contributed by atoms with Crippen LogP contribution in [0.5, 0.6) is 0 Å². The fourth-order valence-electron chi connectivity index (χ4n) is 3.93. The molecule has 2 amide bonds. The topological polar surface area (TPSA) is 67.2 Å². The third-order valence-corrected chi connectivity index (χ3v) is 5.43. The summed E-state index contributed by atoms with van der Waals surface area (Å²) in [6.07, 6.45) is 6.92. The third-order valence-electron chi connectivity index (χ3n) is 5.43. The highest BCUT2D eigenvalue weighted by Crippen LogP contribution is 2.30. The van der Waals surface area contributed by atoms with Gasteiger partial charge in [-0.3, -0.25) is 9.59 Å². The lowest BCUT2D eigenvalue weighted by molar-refractivity contribution is -0.137. The van der Waals surface area contributed by atoms with Crippen LogP contribution in [0.25, 0.3) is 0 Å². The average molecular weight is 346 g/mol. The van der Waals surface area contributed by atoms with Crippen LogP contribution in [0.1, 0.15) is 69.1 Å². The summed E-state index contributed by atoms with van der Waals surface area (Å²) in [5, 5.41) is 2.91. The van der Waals surface area contributed by atoms with Gasteiger partial charge in [-0.25, -0.2) is 4.98 Å². The minimum Gasteiger partial charge on any atom is -0.348 e. The Kier molecular flexibility index (Phi) is 5.45. The highest BCUT2D eigenvalue weighted by atomic mass is 16.2. The van der Waals surface area contributed by atoms with Gasteiger partial charge >= 0.3 is 0 Å². The number of carbonyl (C=O) groups is 2. The largest absolute Gasteiger partial charge is 0.348 e. The number of carbonyl (C=O) groups excluding carboxylic acids is 2. The first-order valence-electron chi connectivity index (χ1n) is 9.59. The molecule has 138 valence electrons. The number of aryl methyl sites for hydroxylation is 1. The Hall–Kier alpha value is -1.85. The number of hydrogen-bond donors (Lipinski definition) is 1. The lowest BCUT2D eigenvalue weighted by Crippen LogP contribution is -2.38. The molecule has 6 nitrogen and oxygen atoms in total. The predicted molar refractivity (Wildman–Crippen MR) is 96.0 cm³/mol. The summed E-state index contributed by atoms with van der Waals surface area (Å²) in [4.78, 5) is 31.7. The number of nitrogens with one attached hydrogen (secondary N) is 1. The monoisotopic (exact) mass is 346 g/mol. The van der Waals surface area contributed by atoms with Gasteiger partial charge in [-0.2, -0.15) is 0 Å². The van der Waals surface area contributed by atoms with Gasteiger partial charge in [0.05, 0.1) is 18.6 Å². The van der Waals surface area contributed by atoms with E-state index in [1.807, 2.05) is 23.3 Å². The number of hydrogen-bond acceptors (Lipinski definition) is 3. The van der Waals surface area contributed by atoms with Gasteiger partial charge in [0.2, 0.25) is 5.91 Å². The number of imidazole rings is 1. The van der Waals surface area contributed by atoms with Crippen molar-refractivity contribution in [2.24, 2.45) is 11.8 Å². The van der Waals surface area contributed by atoms with Crippen molar-refractivity contribution in [1.82, 2.24) is 19.8 Å². The van der Waals surface area contributed by atoms with E-state index in [0.29, 0.717) is 12.2 Å². The van der Waals surface area contributed by atoms with E-state index >= 15 is 0 Å². The van der Waals surface area contributed by atoms with Crippen LogP contribution in [0, 0.1) is 11.8 Å². The first-order valence-corrected chi connectivity index (χ1v) is 9.59. The van der Waals surface area contributed by atoms with Gasteiger partial charge in [0, 0.05) is 25.0 Å². The standard InChI is InChI=1S/C19H30N4O2/c1-13(2)21-18(24)17-16-11-22(9-4-10-23(16)12-20-17)19(25)15-7-5-14(3)6-8-15/h12-15H,4-11H2,1-3H3,(H,21,24). The fourth-order valence-corrected chi connectivity index (χ4v) is 3.93. The van der Waals surface area contributed by atoms with Crippen molar-refractivity contribution in [1.29, 1.82) is 0 Å². The van der Waals surface area contributed by atoms with Crippen molar-refractivity contribution >= 4 is 11.8 Å². The van der Waals surface area contributed by atoms with E-state index in [0.717, 1.165) is 56.8 Å². The Balaban J connectivity index is 1.75. The fraction of sp³-hybridized carbons (Fsp3) is 0.737. The van der Waals surface area contributed by atoms with Gasteiger partial charge in [-0.05, 0) is 51.9 Å². The Morgan fingerprint density at radius 2 is 1.92 bits per heavy atom. The summed E-state index contributed by atoms with van der Waals surface area (Å²) in [5.41, 5.74) is 1.33. The molecule has 0 saturated heterocycles. The number of nitrogens with zero attached hydrogens (tertiary/aromatic N) is 3. The van der Waals surface area contributed by atoms with Crippen molar-refractivity contribution in [3.05, 3.63) is 17.7 Å². The molecule has 0 atom stereocenters. The number of aromatic nitrogens is 2. The molecule has 1 aromatic heterocycles. The van der Waals surface area contributed by atoms with Crippen molar-refractivity contribution in [3.8, 4) is 0 Å². The van der Waals surface area contributed by atoms with E-state index in [1.54, 1.807) is 6.33 Å². The molecule has 1 aromatic rings. The highest BCUT2D eigenvalue weighted by Gasteiger charge is 2.31. The van der Waals surface area contributed by atoms with Gasteiger partial charge in [-0.15, -0.1) is 0 Å². The second-order valence-corrected chi connectivity index (χ2v) is 7.93. The van der Waals surface area contributed by atoms with Crippen molar-refractivity contribution in [3.63, 3.8) is 0 Å². The molecule has 1 aliphatic heterocycles. The molecule has 0 spiro atoms. The molecule has 2 aliphatic rings. The number of amides is 2. The summed E-state index contributed by atoms with van der Waals surface area (Å²) in [5.74, 6) is 1.00. The molecule has 0 unspecified atom stereocenters. The predicted octanol–water partition coefficient (Wildman–Crippen LogP) is 2.58. The van der Waals surface area contributed by atoms with E-state index in [9.17, 15) is 9.59 Å². The molecular formula is C19H30N4O2. The first-order chi connectivity index (χ1) is 12.0. The van der Waals surface area contributed by atoms with Crippen LogP contribution in [0.4, 0.5) is 0 Å². The van der Waals surface area contributed by atoms with Crippen molar-refractivity contribution in [2.75, 3.05) is 6.54 Å². The van der Waals surface area contributed by atoms with Gasteiger partial charge < -0.3 is 14.8 Å². The van der Waals surface area contributed by atoms with Gasteiger partial charge in [0.1, 0.15) is 0 Å². The SMILES string of the molecule is CC1CCC(C(=O)N2CCCn3cnc(C(=O)NC(C)C)c3C2)CC1. The summed E-state index contributed by atoms with van der Waals surface area (Å²) >= 11 is 0. The molecule has 2 heterocycles. The summed E-state index contributed by atoms with van der Waals surface area (Å²) in [7, 11) is 0. The minimum atomic E-state index is -0.149. The van der Waals surface area contributed by atoms with E-state index < -0.39 is 0 Å². The molecule has 6 heteroatoms. The second-order valence-electron chi connectivity index (χ2n) is 7.93. The second kappa shape index (κ2) is 7.58. The molecule has 1 saturated carbocycles. The van der Waals surface area contributed by atoms with Gasteiger partial charge in [0.25, 0.3) is 5.91 Å². The zero-order valence-corrected chi connectivity index (χ0v) is 15.6. The quantitative estimate of drug-likeness (QED) is 0.915. The van der Waals surface area contributed by atoms with Crippen LogP contribution < -0.4 is 5.32 Å². The first kappa shape index (κ1) is 18.0. The smallest absolute Gasteiger partial charge is 0.272 e. The molecule has 1 fully saturated rings. The zero-order chi connectivity index (χ0) is 18.0. The highest BCUT2D eigenvalue weighted by molar-refractivity contribution is 5.93. The molecular weight excluding hydrogens is 316 g/mol. The molecule has 0 aromatic carbocycles. The Bertz CT molecular complexity index is 629. The maximum atomic E-state index is 13.0. The van der Waals surface area contributed by atoms with Crippen LogP contribution in [0.15, 0.2) is 6.33 Å². The third kappa shape index (κ3) is 4.05. The normalized spacial score (nSPS) is 23.9. The Labute approximate surface area is 150 Å². The van der Waals surface area contributed by atoms with Gasteiger partial charge in [0.15, 0.2) is 5.69 Å². The lowest BCUT2D eigenvalue weighted by atomic mass is 9.82. The summed E-state index contributed by atoms with van der Waals surface area (Å²) < 4.78 is 2.03. The van der Waals surface area contributed by atoms with E-state index in [-0.39, 0.29) is 23.8 Å². The van der Waals surface area contributed by atoms with E-state index in [2.05, 4.69) is 17.2 Å². The molecule has 1 N–H and O–H groups in total. The van der Waals surface area contributed by atoms with Crippen LogP contribution in [0.2, 0.25) is 0 Å².